The molecule has 2 rings (SSSR count). The van der Waals surface area contributed by atoms with E-state index >= 15 is 0 Å². The van der Waals surface area contributed by atoms with Gasteiger partial charge in [-0.05, 0) is 19.2 Å². The van der Waals surface area contributed by atoms with Crippen LogP contribution in [-0.2, 0) is 10.8 Å². The lowest BCUT2D eigenvalue weighted by molar-refractivity contribution is 0.161. The van der Waals surface area contributed by atoms with Crippen molar-refractivity contribution in [3.63, 3.8) is 0 Å². The van der Waals surface area contributed by atoms with Gasteiger partial charge in [-0.15, -0.1) is 0 Å². The Morgan fingerprint density at radius 2 is 2.00 bits per heavy atom. The number of nitrogens with zero attached hydrogens (tertiary/aromatic N) is 2. The van der Waals surface area contributed by atoms with Crippen LogP contribution in [0.4, 0.5) is 5.69 Å². The van der Waals surface area contributed by atoms with Crippen LogP contribution in [0.2, 0.25) is 0 Å². The molecule has 0 aromatic heterocycles. The summed E-state index contributed by atoms with van der Waals surface area (Å²) < 4.78 is 17.7. The Bertz CT molecular complexity index is 473. The summed E-state index contributed by atoms with van der Waals surface area (Å²) >= 11 is 0. The molecule has 0 amide bonds. The molecule has 1 aliphatic rings. The van der Waals surface area contributed by atoms with Crippen molar-refractivity contribution >= 4 is 16.5 Å². The molecule has 1 unspecified atom stereocenters. The maximum atomic E-state index is 12.4. The monoisotopic (exact) mass is 297 g/mol. The molecule has 5 nitrogen and oxygen atoms in total. The molecule has 6 heteroatoms. The molecular formula is C14H23N3O2S. The fourth-order valence-electron chi connectivity index (χ4n) is 2.27. The number of piperazine rings is 1. The zero-order valence-corrected chi connectivity index (χ0v) is 13.0. The third kappa shape index (κ3) is 3.94. The predicted molar refractivity (Wildman–Crippen MR) is 82.6 cm³/mol. The van der Waals surface area contributed by atoms with E-state index in [0.29, 0.717) is 17.2 Å². The van der Waals surface area contributed by atoms with Crippen LogP contribution in [-0.4, -0.2) is 66.6 Å². The highest BCUT2D eigenvalue weighted by atomic mass is 32.2. The average molecular weight is 297 g/mol. The SMILES string of the molecule is COc1cc(N)ccc1S(=O)CCN1CCN(C)CC1. The maximum absolute atomic E-state index is 12.4. The van der Waals surface area contributed by atoms with Crippen LogP contribution in [0, 0.1) is 0 Å². The Hall–Kier alpha value is -1.11. The molecule has 1 fully saturated rings. The van der Waals surface area contributed by atoms with Crippen molar-refractivity contribution in [1.29, 1.82) is 0 Å². The summed E-state index contributed by atoms with van der Waals surface area (Å²) in [5, 5.41) is 0. The van der Waals surface area contributed by atoms with Gasteiger partial charge in [-0.3, -0.25) is 9.11 Å². The summed E-state index contributed by atoms with van der Waals surface area (Å²) in [6.45, 7) is 5.11. The van der Waals surface area contributed by atoms with E-state index in [9.17, 15) is 4.21 Å². The minimum Gasteiger partial charge on any atom is -0.495 e. The first kappa shape index (κ1) is 15.3. The summed E-state index contributed by atoms with van der Waals surface area (Å²) in [5.41, 5.74) is 6.34. The highest BCUT2D eigenvalue weighted by molar-refractivity contribution is 7.85. The summed E-state index contributed by atoms with van der Waals surface area (Å²) in [6.07, 6.45) is 0. The number of likely N-dealkylation sites (N-methyl/N-ethyl adjacent to an activating group) is 1. The molecule has 20 heavy (non-hydrogen) atoms. The van der Waals surface area contributed by atoms with Gasteiger partial charge in [0.05, 0.1) is 22.8 Å². The molecular weight excluding hydrogens is 274 g/mol. The second kappa shape index (κ2) is 7.06. The number of nitrogen functional groups attached to an aromatic ring is 1. The van der Waals surface area contributed by atoms with E-state index in [1.54, 1.807) is 25.3 Å². The van der Waals surface area contributed by atoms with Gasteiger partial charge in [0.1, 0.15) is 5.75 Å². The van der Waals surface area contributed by atoms with E-state index in [1.165, 1.54) is 0 Å². The third-order valence-corrected chi connectivity index (χ3v) is 5.00. The van der Waals surface area contributed by atoms with Gasteiger partial charge in [0, 0.05) is 50.2 Å². The lowest BCUT2D eigenvalue weighted by atomic mass is 10.3. The molecule has 0 radical (unpaired) electrons. The van der Waals surface area contributed by atoms with E-state index in [-0.39, 0.29) is 0 Å². The quantitative estimate of drug-likeness (QED) is 0.808. The van der Waals surface area contributed by atoms with Crippen LogP contribution in [0.15, 0.2) is 23.1 Å². The van der Waals surface area contributed by atoms with Gasteiger partial charge in [0.15, 0.2) is 0 Å². The Morgan fingerprint density at radius 1 is 1.30 bits per heavy atom. The number of hydrogen-bond donors (Lipinski definition) is 1. The fraction of sp³-hybridized carbons (Fsp3) is 0.571. The van der Waals surface area contributed by atoms with Gasteiger partial charge in [-0.2, -0.15) is 0 Å². The molecule has 0 saturated carbocycles. The van der Waals surface area contributed by atoms with Gasteiger partial charge in [0.25, 0.3) is 0 Å². The van der Waals surface area contributed by atoms with Crippen LogP contribution in [0.1, 0.15) is 0 Å². The second-order valence-corrected chi connectivity index (χ2v) is 6.64. The van der Waals surface area contributed by atoms with Crippen LogP contribution >= 0.6 is 0 Å². The van der Waals surface area contributed by atoms with Crippen molar-refractivity contribution in [3.8, 4) is 5.75 Å². The minimum atomic E-state index is -1.05. The molecule has 1 aliphatic heterocycles. The van der Waals surface area contributed by atoms with Crippen LogP contribution < -0.4 is 10.5 Å². The molecule has 112 valence electrons. The summed E-state index contributed by atoms with van der Waals surface area (Å²) in [6, 6.07) is 5.29. The standard InChI is InChI=1S/C14H23N3O2S/c1-16-5-7-17(8-6-16)9-10-20(18)14-4-3-12(15)11-13(14)19-2/h3-4,11H,5-10,15H2,1-2H3. The number of nitrogens with two attached hydrogens (primary N) is 1. The first-order valence-corrected chi connectivity index (χ1v) is 8.15. The van der Waals surface area contributed by atoms with Crippen molar-refractivity contribution in [3.05, 3.63) is 18.2 Å². The van der Waals surface area contributed by atoms with E-state index < -0.39 is 10.8 Å². The Balaban J connectivity index is 1.92. The molecule has 1 aromatic carbocycles. The summed E-state index contributed by atoms with van der Waals surface area (Å²) in [5.74, 6) is 1.24. The van der Waals surface area contributed by atoms with Crippen molar-refractivity contribution in [1.82, 2.24) is 9.80 Å². The Labute approximate surface area is 123 Å². The van der Waals surface area contributed by atoms with Crippen LogP contribution in [0.3, 0.4) is 0 Å². The average Bonchev–Trinajstić information content (AvgIpc) is 2.46. The zero-order chi connectivity index (χ0) is 14.5. The van der Waals surface area contributed by atoms with Crippen molar-refractivity contribution in [2.24, 2.45) is 0 Å². The smallest absolute Gasteiger partial charge is 0.137 e. The zero-order valence-electron chi connectivity index (χ0n) is 12.2. The molecule has 0 bridgehead atoms. The third-order valence-electron chi connectivity index (χ3n) is 3.62. The molecule has 1 heterocycles. The second-order valence-electron chi connectivity index (χ2n) is 5.10. The normalized spacial score (nSPS) is 18.9. The van der Waals surface area contributed by atoms with Gasteiger partial charge in [-0.1, -0.05) is 0 Å². The van der Waals surface area contributed by atoms with E-state index in [1.807, 2.05) is 0 Å². The molecule has 1 saturated heterocycles. The number of methoxy groups -OCH3 is 1. The molecule has 0 aliphatic carbocycles. The largest absolute Gasteiger partial charge is 0.495 e. The number of rotatable bonds is 5. The van der Waals surface area contributed by atoms with Gasteiger partial charge >= 0.3 is 0 Å². The summed E-state index contributed by atoms with van der Waals surface area (Å²) in [7, 11) is 2.66. The van der Waals surface area contributed by atoms with Crippen molar-refractivity contribution in [2.75, 3.05) is 58.4 Å². The highest BCUT2D eigenvalue weighted by Gasteiger charge is 2.16. The number of benzene rings is 1. The van der Waals surface area contributed by atoms with Gasteiger partial charge in [-0.25, -0.2) is 0 Å². The van der Waals surface area contributed by atoms with Crippen molar-refractivity contribution in [2.45, 2.75) is 4.90 Å². The van der Waals surface area contributed by atoms with Gasteiger partial charge in [0.2, 0.25) is 0 Å². The van der Waals surface area contributed by atoms with Crippen molar-refractivity contribution < 1.29 is 8.95 Å². The Morgan fingerprint density at radius 3 is 2.65 bits per heavy atom. The lowest BCUT2D eigenvalue weighted by Gasteiger charge is -2.32. The topological polar surface area (TPSA) is 58.8 Å². The predicted octanol–water partition coefficient (Wildman–Crippen LogP) is 0.632. The van der Waals surface area contributed by atoms with Crippen LogP contribution in [0.25, 0.3) is 0 Å². The number of hydrogen-bond acceptors (Lipinski definition) is 5. The lowest BCUT2D eigenvalue weighted by Crippen LogP contribution is -2.45. The molecule has 1 atom stereocenters. The molecule has 1 aromatic rings. The fourth-order valence-corrected chi connectivity index (χ4v) is 3.50. The summed E-state index contributed by atoms with van der Waals surface area (Å²) in [4.78, 5) is 5.41. The number of anilines is 1. The van der Waals surface area contributed by atoms with E-state index in [0.717, 1.165) is 37.6 Å². The van der Waals surface area contributed by atoms with Gasteiger partial charge < -0.3 is 15.4 Å². The number of ether oxygens (including phenoxy) is 1. The highest BCUT2D eigenvalue weighted by Crippen LogP contribution is 2.24. The molecule has 0 spiro atoms. The van der Waals surface area contributed by atoms with E-state index in [4.69, 9.17) is 10.5 Å². The minimum absolute atomic E-state index is 0.613. The molecule has 2 N–H and O–H groups in total. The maximum Gasteiger partial charge on any atom is 0.137 e. The first-order chi connectivity index (χ1) is 9.60. The first-order valence-electron chi connectivity index (χ1n) is 6.83. The van der Waals surface area contributed by atoms with Crippen LogP contribution in [0.5, 0.6) is 5.75 Å². The Kier molecular flexibility index (Phi) is 5.39. The van der Waals surface area contributed by atoms with E-state index in [2.05, 4.69) is 16.8 Å².